The van der Waals surface area contributed by atoms with E-state index in [0.717, 1.165) is 45.0 Å². The first-order valence-electron chi connectivity index (χ1n) is 9.98. The van der Waals surface area contributed by atoms with Crippen LogP contribution in [0.4, 0.5) is 0 Å². The maximum atomic E-state index is 11.4. The van der Waals surface area contributed by atoms with E-state index < -0.39 is 9.84 Å². The zero-order valence-electron chi connectivity index (χ0n) is 18.5. The van der Waals surface area contributed by atoms with Gasteiger partial charge in [-0.15, -0.1) is 24.0 Å². The summed E-state index contributed by atoms with van der Waals surface area (Å²) in [5.41, 5.74) is -0.141. The zero-order valence-corrected chi connectivity index (χ0v) is 21.6. The summed E-state index contributed by atoms with van der Waals surface area (Å²) < 4.78 is 22.8. The molecule has 0 spiro atoms. The highest BCUT2D eigenvalue weighted by molar-refractivity contribution is 14.0. The molecule has 0 saturated carbocycles. The molecule has 0 bridgehead atoms. The lowest BCUT2D eigenvalue weighted by atomic mass is 9.90. The first-order chi connectivity index (χ1) is 12.0. The summed E-state index contributed by atoms with van der Waals surface area (Å²) in [5, 5.41) is 6.76. The summed E-state index contributed by atoms with van der Waals surface area (Å²) in [6.07, 6.45) is 4.17. The fraction of sp³-hybridized carbons (Fsp3) is 0.947. The maximum absolute atomic E-state index is 11.4. The Morgan fingerprint density at radius 3 is 2.26 bits per heavy atom. The van der Waals surface area contributed by atoms with Gasteiger partial charge in [0.05, 0.1) is 5.75 Å². The third-order valence-corrected chi connectivity index (χ3v) is 5.49. The summed E-state index contributed by atoms with van der Waals surface area (Å²) >= 11 is 0. The van der Waals surface area contributed by atoms with Crippen LogP contribution in [-0.4, -0.2) is 70.1 Å². The number of rotatable bonds is 13. The number of sulfone groups is 1. The molecule has 27 heavy (non-hydrogen) atoms. The Labute approximate surface area is 185 Å². The van der Waals surface area contributed by atoms with Crippen molar-refractivity contribution in [2.75, 3.05) is 44.7 Å². The molecule has 1 unspecified atom stereocenters. The van der Waals surface area contributed by atoms with Crippen molar-refractivity contribution in [3.05, 3.63) is 0 Å². The van der Waals surface area contributed by atoms with E-state index in [2.05, 4.69) is 57.1 Å². The van der Waals surface area contributed by atoms with E-state index in [9.17, 15) is 8.42 Å². The van der Waals surface area contributed by atoms with E-state index in [1.807, 2.05) is 0 Å². The molecule has 0 amide bonds. The Bertz CT molecular complexity index is 506. The van der Waals surface area contributed by atoms with Gasteiger partial charge in [0, 0.05) is 25.4 Å². The highest BCUT2D eigenvalue weighted by Gasteiger charge is 2.20. The van der Waals surface area contributed by atoms with Crippen molar-refractivity contribution in [3.8, 4) is 0 Å². The van der Waals surface area contributed by atoms with Crippen molar-refractivity contribution in [1.29, 1.82) is 0 Å². The fourth-order valence-electron chi connectivity index (χ4n) is 2.62. The van der Waals surface area contributed by atoms with E-state index in [4.69, 9.17) is 4.99 Å². The smallest absolute Gasteiger partial charge is 0.191 e. The summed E-state index contributed by atoms with van der Waals surface area (Å²) in [7, 11) is -2.93. The molecule has 2 N–H and O–H groups in total. The number of nitrogens with zero attached hydrogens (tertiary/aromatic N) is 2. The van der Waals surface area contributed by atoms with Crippen LogP contribution in [0.25, 0.3) is 0 Å². The van der Waals surface area contributed by atoms with E-state index in [-0.39, 0.29) is 35.1 Å². The molecule has 0 aromatic heterocycles. The molecular formula is C19H43IN4O2S. The first-order valence-corrected chi connectivity index (χ1v) is 12.0. The molecule has 0 rings (SSSR count). The third kappa shape index (κ3) is 16.6. The van der Waals surface area contributed by atoms with E-state index in [1.54, 1.807) is 0 Å². The predicted octanol–water partition coefficient (Wildman–Crippen LogP) is 3.13. The van der Waals surface area contributed by atoms with Gasteiger partial charge in [0.25, 0.3) is 0 Å². The highest BCUT2D eigenvalue weighted by Crippen LogP contribution is 2.21. The second-order valence-electron chi connectivity index (χ2n) is 7.95. The van der Waals surface area contributed by atoms with Gasteiger partial charge in [0.2, 0.25) is 0 Å². The molecule has 1 atom stereocenters. The highest BCUT2D eigenvalue weighted by atomic mass is 127. The molecule has 0 fully saturated rings. The Morgan fingerprint density at radius 1 is 1.19 bits per heavy atom. The van der Waals surface area contributed by atoms with Gasteiger partial charge in [-0.2, -0.15) is 0 Å². The minimum Gasteiger partial charge on any atom is -0.357 e. The van der Waals surface area contributed by atoms with Gasteiger partial charge in [0.15, 0.2) is 5.96 Å². The Balaban J connectivity index is 0. The second kappa shape index (κ2) is 14.8. The normalized spacial score (nSPS) is 14.0. The van der Waals surface area contributed by atoms with Gasteiger partial charge < -0.3 is 15.5 Å². The molecule has 0 heterocycles. The number of hydrogen-bond acceptors (Lipinski definition) is 4. The SMILES string of the molecule is CCNC(=NCC(C)(C)CCS(C)(=O)=O)NC(C)CCCN(CC)CC.I. The van der Waals surface area contributed by atoms with Crippen LogP contribution in [0.1, 0.15) is 60.8 Å². The minimum absolute atomic E-state index is 0. The Kier molecular flexibility index (Phi) is 16.0. The maximum Gasteiger partial charge on any atom is 0.191 e. The van der Waals surface area contributed by atoms with E-state index >= 15 is 0 Å². The van der Waals surface area contributed by atoms with Crippen molar-refractivity contribution in [3.63, 3.8) is 0 Å². The van der Waals surface area contributed by atoms with Crippen LogP contribution in [0.3, 0.4) is 0 Å². The molecular weight excluding hydrogens is 475 g/mol. The standard InChI is InChI=1S/C19H42N4O2S.HI/c1-8-20-18(21-16-19(5,6)13-15-26(7,24)25)22-17(4)12-11-14-23(9-2)10-3;/h17H,8-16H2,1-7H3,(H2,20,21,22);1H. The van der Waals surface area contributed by atoms with Gasteiger partial charge in [-0.05, 0) is 58.2 Å². The van der Waals surface area contributed by atoms with Crippen LogP contribution in [0.5, 0.6) is 0 Å². The third-order valence-electron chi connectivity index (χ3n) is 4.55. The van der Waals surface area contributed by atoms with Crippen LogP contribution in [0.15, 0.2) is 4.99 Å². The van der Waals surface area contributed by atoms with Crippen molar-refractivity contribution >= 4 is 39.8 Å². The van der Waals surface area contributed by atoms with Crippen LogP contribution in [0, 0.1) is 5.41 Å². The molecule has 6 nitrogen and oxygen atoms in total. The predicted molar refractivity (Wildman–Crippen MR) is 129 cm³/mol. The molecule has 164 valence electrons. The number of halogens is 1. The van der Waals surface area contributed by atoms with Gasteiger partial charge in [-0.3, -0.25) is 4.99 Å². The average molecular weight is 519 g/mol. The van der Waals surface area contributed by atoms with Gasteiger partial charge >= 0.3 is 0 Å². The number of guanidine groups is 1. The molecule has 0 aromatic rings. The summed E-state index contributed by atoms with van der Waals surface area (Å²) in [6, 6.07) is 0.350. The van der Waals surface area contributed by atoms with Crippen molar-refractivity contribution in [2.45, 2.75) is 66.8 Å². The molecule has 0 aliphatic rings. The molecule has 8 heteroatoms. The molecule has 0 aliphatic heterocycles. The van der Waals surface area contributed by atoms with E-state index in [1.165, 1.54) is 6.26 Å². The van der Waals surface area contributed by atoms with Gasteiger partial charge in [0.1, 0.15) is 9.84 Å². The fourth-order valence-corrected chi connectivity index (χ4v) is 3.54. The topological polar surface area (TPSA) is 73.8 Å². The second-order valence-corrected chi connectivity index (χ2v) is 10.2. The summed E-state index contributed by atoms with van der Waals surface area (Å²) in [6.45, 7) is 17.5. The molecule has 0 saturated heterocycles. The lowest BCUT2D eigenvalue weighted by molar-refractivity contribution is 0.292. The first kappa shape index (κ1) is 29.1. The monoisotopic (exact) mass is 518 g/mol. The van der Waals surface area contributed by atoms with Gasteiger partial charge in [-0.1, -0.05) is 27.7 Å². The minimum atomic E-state index is -2.93. The molecule has 0 radical (unpaired) electrons. The van der Waals surface area contributed by atoms with Gasteiger partial charge in [-0.25, -0.2) is 8.42 Å². The number of aliphatic imine (C=N–C) groups is 1. The summed E-state index contributed by atoms with van der Waals surface area (Å²) in [4.78, 5) is 7.13. The van der Waals surface area contributed by atoms with Crippen LogP contribution >= 0.6 is 24.0 Å². The van der Waals surface area contributed by atoms with Crippen molar-refractivity contribution in [1.82, 2.24) is 15.5 Å². The zero-order chi connectivity index (χ0) is 20.2. The summed E-state index contributed by atoms with van der Waals surface area (Å²) in [5.74, 6) is 1.02. The van der Waals surface area contributed by atoms with Crippen LogP contribution in [-0.2, 0) is 9.84 Å². The average Bonchev–Trinajstić information content (AvgIpc) is 2.55. The lowest BCUT2D eigenvalue weighted by Gasteiger charge is -2.24. The molecule has 0 aliphatic carbocycles. The largest absolute Gasteiger partial charge is 0.357 e. The quantitative estimate of drug-likeness (QED) is 0.223. The van der Waals surface area contributed by atoms with Crippen molar-refractivity contribution in [2.24, 2.45) is 10.4 Å². The van der Waals surface area contributed by atoms with Crippen LogP contribution in [0.2, 0.25) is 0 Å². The lowest BCUT2D eigenvalue weighted by Crippen LogP contribution is -2.43. The van der Waals surface area contributed by atoms with E-state index in [0.29, 0.717) is 19.0 Å². The number of nitrogens with one attached hydrogen (secondary N) is 2. The number of hydrogen-bond donors (Lipinski definition) is 2. The van der Waals surface area contributed by atoms with Crippen molar-refractivity contribution < 1.29 is 8.42 Å². The molecule has 0 aromatic carbocycles. The van der Waals surface area contributed by atoms with Crippen LogP contribution < -0.4 is 10.6 Å². The Hall–Kier alpha value is -0.0900. The Morgan fingerprint density at radius 2 is 1.78 bits per heavy atom.